The van der Waals surface area contributed by atoms with Crippen molar-refractivity contribution >= 4 is 26.7 Å². The lowest BCUT2D eigenvalue weighted by atomic mass is 10.3. The summed E-state index contributed by atoms with van der Waals surface area (Å²) >= 11 is 0. The largest absolute Gasteiger partial charge is 0.379 e. The number of hydrogen-bond donors (Lipinski definition) is 1. The van der Waals surface area contributed by atoms with Gasteiger partial charge in [-0.2, -0.15) is 0 Å². The number of imidazole rings is 1. The van der Waals surface area contributed by atoms with E-state index in [1.807, 2.05) is 0 Å². The van der Waals surface area contributed by atoms with E-state index < -0.39 is 9.84 Å². The van der Waals surface area contributed by atoms with Crippen LogP contribution in [0.15, 0.2) is 27.7 Å². The van der Waals surface area contributed by atoms with E-state index in [0.717, 1.165) is 11.8 Å². The molecule has 0 aliphatic rings. The summed E-state index contributed by atoms with van der Waals surface area (Å²) in [5.41, 5.74) is 7.26. The van der Waals surface area contributed by atoms with Crippen LogP contribution in [0.5, 0.6) is 0 Å². The van der Waals surface area contributed by atoms with Gasteiger partial charge < -0.3 is 10.3 Å². The Kier molecular flexibility index (Phi) is 2.54. The third-order valence-corrected chi connectivity index (χ3v) is 4.12. The highest BCUT2D eigenvalue weighted by Gasteiger charge is 2.18. The summed E-state index contributed by atoms with van der Waals surface area (Å²) in [6, 6.07) is 4.73. The molecule has 9 heteroatoms. The number of fused-ring (bicyclic) bond motifs is 1. The van der Waals surface area contributed by atoms with Crippen LogP contribution in [-0.2, 0) is 16.9 Å². The first kappa shape index (κ1) is 12.6. The maximum Gasteiger partial charge on any atom is 0.199 e. The second-order valence-electron chi connectivity index (χ2n) is 4.42. The molecule has 20 heavy (non-hydrogen) atoms. The molecule has 0 amide bonds. The molecule has 8 nitrogen and oxygen atoms in total. The standard InChI is InChI=1S/C11H11N5O3S/c1-16-8-4-3-6(20(2,17)18)5-7(8)13-11(16)9-10(12)15-19-14-9/h3-5H,1-2H3,(H2,12,15). The molecule has 2 heterocycles. The van der Waals surface area contributed by atoms with Gasteiger partial charge in [0.05, 0.1) is 15.9 Å². The number of nitrogen functional groups attached to an aromatic ring is 1. The summed E-state index contributed by atoms with van der Waals surface area (Å²) in [6.45, 7) is 0. The van der Waals surface area contributed by atoms with E-state index in [1.54, 1.807) is 17.7 Å². The van der Waals surface area contributed by atoms with Gasteiger partial charge in [-0.3, -0.25) is 0 Å². The number of aromatic nitrogens is 4. The molecule has 2 aromatic heterocycles. The Labute approximate surface area is 114 Å². The monoisotopic (exact) mass is 293 g/mol. The van der Waals surface area contributed by atoms with Crippen LogP contribution >= 0.6 is 0 Å². The minimum absolute atomic E-state index is 0.131. The molecule has 0 aliphatic heterocycles. The van der Waals surface area contributed by atoms with Crippen LogP contribution in [0.3, 0.4) is 0 Å². The minimum atomic E-state index is -3.28. The lowest BCUT2D eigenvalue weighted by Gasteiger charge is -1.99. The van der Waals surface area contributed by atoms with Crippen LogP contribution in [0.25, 0.3) is 22.6 Å². The molecule has 0 saturated heterocycles. The first-order valence-electron chi connectivity index (χ1n) is 5.63. The lowest BCUT2D eigenvalue weighted by molar-refractivity contribution is 0.310. The van der Waals surface area contributed by atoms with Crippen molar-refractivity contribution in [3.8, 4) is 11.5 Å². The SMILES string of the molecule is Cn1c(-c2nonc2N)nc2cc(S(C)(=O)=O)ccc21. The summed E-state index contributed by atoms with van der Waals surface area (Å²) in [5.74, 6) is 0.594. The fraction of sp³-hybridized carbons (Fsp3) is 0.182. The van der Waals surface area contributed by atoms with Crippen LogP contribution in [0.4, 0.5) is 5.82 Å². The molecule has 0 atom stereocenters. The van der Waals surface area contributed by atoms with E-state index in [9.17, 15) is 8.42 Å². The van der Waals surface area contributed by atoms with Crippen molar-refractivity contribution in [2.45, 2.75) is 4.90 Å². The number of anilines is 1. The van der Waals surface area contributed by atoms with Gasteiger partial charge in [0, 0.05) is 13.3 Å². The number of sulfone groups is 1. The highest BCUT2D eigenvalue weighted by atomic mass is 32.2. The van der Waals surface area contributed by atoms with Crippen molar-refractivity contribution in [3.63, 3.8) is 0 Å². The van der Waals surface area contributed by atoms with Crippen molar-refractivity contribution in [2.75, 3.05) is 12.0 Å². The summed E-state index contributed by atoms with van der Waals surface area (Å²) in [7, 11) is -1.50. The van der Waals surface area contributed by atoms with Crippen molar-refractivity contribution in [1.82, 2.24) is 19.9 Å². The van der Waals surface area contributed by atoms with Crippen LogP contribution in [-0.4, -0.2) is 34.5 Å². The van der Waals surface area contributed by atoms with Gasteiger partial charge in [0.1, 0.15) is 0 Å². The predicted octanol–water partition coefficient (Wildman–Crippen LogP) is 0.609. The zero-order valence-corrected chi connectivity index (χ0v) is 11.5. The molecule has 2 N–H and O–H groups in total. The summed E-state index contributed by atoms with van der Waals surface area (Å²) < 4.78 is 29.4. The smallest absolute Gasteiger partial charge is 0.199 e. The van der Waals surface area contributed by atoms with Gasteiger partial charge >= 0.3 is 0 Å². The second kappa shape index (κ2) is 4.04. The Morgan fingerprint density at radius 1 is 1.30 bits per heavy atom. The van der Waals surface area contributed by atoms with Crippen molar-refractivity contribution in [2.24, 2.45) is 7.05 Å². The number of nitrogens with zero attached hydrogens (tertiary/aromatic N) is 4. The zero-order valence-electron chi connectivity index (χ0n) is 10.7. The molecule has 0 fully saturated rings. The number of rotatable bonds is 2. The molecule has 3 aromatic rings. The quantitative estimate of drug-likeness (QED) is 0.735. The molecular weight excluding hydrogens is 282 g/mol. The third kappa shape index (κ3) is 1.83. The van der Waals surface area contributed by atoms with Crippen LogP contribution in [0.1, 0.15) is 0 Å². The number of benzene rings is 1. The molecule has 104 valence electrons. The van der Waals surface area contributed by atoms with E-state index in [4.69, 9.17) is 5.73 Å². The number of hydrogen-bond acceptors (Lipinski definition) is 7. The highest BCUT2D eigenvalue weighted by molar-refractivity contribution is 7.90. The van der Waals surface area contributed by atoms with Gasteiger partial charge in [-0.25, -0.2) is 18.0 Å². The maximum absolute atomic E-state index is 11.6. The van der Waals surface area contributed by atoms with Crippen molar-refractivity contribution in [1.29, 1.82) is 0 Å². The van der Waals surface area contributed by atoms with Gasteiger partial charge in [-0.1, -0.05) is 0 Å². The Bertz CT molecular complexity index is 909. The average Bonchev–Trinajstić information content (AvgIpc) is 2.92. The van der Waals surface area contributed by atoms with E-state index in [-0.39, 0.29) is 10.7 Å². The Balaban J connectivity index is 2.28. The van der Waals surface area contributed by atoms with Crippen molar-refractivity contribution < 1.29 is 13.0 Å². The highest BCUT2D eigenvalue weighted by Crippen LogP contribution is 2.26. The van der Waals surface area contributed by atoms with Gasteiger partial charge in [-0.15, -0.1) is 0 Å². The Morgan fingerprint density at radius 3 is 2.65 bits per heavy atom. The molecule has 3 rings (SSSR count). The zero-order chi connectivity index (χ0) is 14.5. The van der Waals surface area contributed by atoms with Crippen molar-refractivity contribution in [3.05, 3.63) is 18.2 Å². The summed E-state index contributed by atoms with van der Waals surface area (Å²) in [5, 5.41) is 7.20. The van der Waals surface area contributed by atoms with E-state index >= 15 is 0 Å². The topological polar surface area (TPSA) is 117 Å². The normalized spacial score (nSPS) is 12.1. The fourth-order valence-electron chi connectivity index (χ4n) is 1.97. The molecule has 0 bridgehead atoms. The molecule has 0 spiro atoms. The summed E-state index contributed by atoms with van der Waals surface area (Å²) in [6.07, 6.45) is 1.15. The second-order valence-corrected chi connectivity index (χ2v) is 6.43. The van der Waals surface area contributed by atoms with Crippen LogP contribution in [0, 0.1) is 0 Å². The molecule has 0 unspecified atom stereocenters. The molecule has 0 saturated carbocycles. The first-order chi connectivity index (χ1) is 9.38. The third-order valence-electron chi connectivity index (χ3n) is 3.01. The predicted molar refractivity (Wildman–Crippen MR) is 71.5 cm³/mol. The Morgan fingerprint density at radius 2 is 2.05 bits per heavy atom. The Hall–Kier alpha value is -2.42. The maximum atomic E-state index is 11.6. The van der Waals surface area contributed by atoms with Crippen LogP contribution < -0.4 is 5.73 Å². The van der Waals surface area contributed by atoms with E-state index in [2.05, 4.69) is 19.9 Å². The van der Waals surface area contributed by atoms with E-state index in [1.165, 1.54) is 12.1 Å². The van der Waals surface area contributed by atoms with Gasteiger partial charge in [0.15, 0.2) is 27.2 Å². The minimum Gasteiger partial charge on any atom is -0.379 e. The first-order valence-corrected chi connectivity index (χ1v) is 7.52. The average molecular weight is 293 g/mol. The van der Waals surface area contributed by atoms with Crippen LogP contribution in [0.2, 0.25) is 0 Å². The van der Waals surface area contributed by atoms with Gasteiger partial charge in [0.2, 0.25) is 0 Å². The molecule has 0 radical (unpaired) electrons. The number of aryl methyl sites for hydroxylation is 1. The van der Waals surface area contributed by atoms with E-state index in [0.29, 0.717) is 17.0 Å². The van der Waals surface area contributed by atoms with Gasteiger partial charge in [0.25, 0.3) is 0 Å². The lowest BCUT2D eigenvalue weighted by Crippen LogP contribution is -1.97. The van der Waals surface area contributed by atoms with Gasteiger partial charge in [-0.05, 0) is 28.5 Å². The number of nitrogens with two attached hydrogens (primary N) is 1. The molecule has 1 aromatic carbocycles. The fourth-order valence-corrected chi connectivity index (χ4v) is 2.61. The summed E-state index contributed by atoms with van der Waals surface area (Å²) in [4.78, 5) is 4.55. The molecule has 0 aliphatic carbocycles. The molecular formula is C11H11N5O3S.